The van der Waals surface area contributed by atoms with Gasteiger partial charge in [-0.05, 0) is 86.9 Å². The largest absolute Gasteiger partial charge is 0.490 e. The van der Waals surface area contributed by atoms with Gasteiger partial charge in [0.1, 0.15) is 30.5 Å². The minimum Gasteiger partial charge on any atom is -0.490 e. The van der Waals surface area contributed by atoms with Crippen LogP contribution in [-0.4, -0.2) is 55.6 Å². The van der Waals surface area contributed by atoms with E-state index in [2.05, 4.69) is 20.3 Å². The van der Waals surface area contributed by atoms with Crippen LogP contribution in [0, 0.1) is 6.92 Å². The lowest BCUT2D eigenvalue weighted by atomic mass is 10.1. The number of aryl methyl sites for hydroxylation is 1. The van der Waals surface area contributed by atoms with Crippen LogP contribution in [-0.2, 0) is 0 Å². The summed E-state index contributed by atoms with van der Waals surface area (Å²) in [4.78, 5) is 14.4. The Morgan fingerprint density at radius 1 is 0.816 bits per heavy atom. The van der Waals surface area contributed by atoms with Crippen LogP contribution in [0.5, 0.6) is 11.5 Å². The minimum atomic E-state index is 0.482. The van der Waals surface area contributed by atoms with Gasteiger partial charge in [0.05, 0.1) is 6.21 Å². The van der Waals surface area contributed by atoms with Crippen molar-refractivity contribution >= 4 is 23.8 Å². The van der Waals surface area contributed by atoms with E-state index in [-0.39, 0.29) is 0 Å². The standard InChI is InChI=1S/C30H38N6O2/c1-24-10-4-5-11-27(24)38-21-20-37-26-14-12-25(13-15-26)23-31-34-28-22-29(35-16-6-2-7-17-35)33-30(32-28)36-18-8-3-9-19-36/h4-5,10-15,22-23H,2-3,6-9,16-21H2,1H3,(H,32,33,34). The Labute approximate surface area is 225 Å². The molecule has 8 heteroatoms. The molecular weight excluding hydrogens is 476 g/mol. The molecule has 0 atom stereocenters. The summed E-state index contributed by atoms with van der Waals surface area (Å²) >= 11 is 0. The number of aromatic nitrogens is 2. The molecule has 2 aliphatic rings. The molecule has 2 fully saturated rings. The first kappa shape index (κ1) is 25.8. The molecule has 3 heterocycles. The van der Waals surface area contributed by atoms with Gasteiger partial charge in [0, 0.05) is 32.2 Å². The smallest absolute Gasteiger partial charge is 0.229 e. The number of anilines is 3. The van der Waals surface area contributed by atoms with Gasteiger partial charge in [-0.2, -0.15) is 15.1 Å². The Morgan fingerprint density at radius 2 is 1.50 bits per heavy atom. The van der Waals surface area contributed by atoms with Crippen LogP contribution in [0.1, 0.15) is 49.7 Å². The van der Waals surface area contributed by atoms with E-state index in [0.29, 0.717) is 13.2 Å². The highest BCUT2D eigenvalue weighted by Crippen LogP contribution is 2.25. The van der Waals surface area contributed by atoms with E-state index < -0.39 is 0 Å². The van der Waals surface area contributed by atoms with E-state index in [0.717, 1.165) is 66.4 Å². The van der Waals surface area contributed by atoms with E-state index in [1.165, 1.54) is 38.5 Å². The molecular formula is C30H38N6O2. The van der Waals surface area contributed by atoms with Crippen molar-refractivity contribution in [2.75, 3.05) is 54.6 Å². The quantitative estimate of drug-likeness (QED) is 0.212. The zero-order valence-corrected chi connectivity index (χ0v) is 22.3. The second-order valence-corrected chi connectivity index (χ2v) is 9.91. The summed E-state index contributed by atoms with van der Waals surface area (Å²) in [6, 6.07) is 17.9. The van der Waals surface area contributed by atoms with Crippen molar-refractivity contribution in [3.05, 3.63) is 65.7 Å². The molecule has 1 aromatic heterocycles. The normalized spacial score (nSPS) is 16.0. The average molecular weight is 515 g/mol. The SMILES string of the molecule is Cc1ccccc1OCCOc1ccc(C=NNc2cc(N3CCCCC3)nc(N3CCCCC3)n2)cc1. The van der Waals surface area contributed by atoms with Crippen LogP contribution in [0.4, 0.5) is 17.6 Å². The van der Waals surface area contributed by atoms with Crippen LogP contribution in [0.25, 0.3) is 0 Å². The van der Waals surface area contributed by atoms with Crippen LogP contribution < -0.4 is 24.7 Å². The fourth-order valence-electron chi connectivity index (χ4n) is 4.85. The van der Waals surface area contributed by atoms with Crippen LogP contribution >= 0.6 is 0 Å². The predicted octanol–water partition coefficient (Wildman–Crippen LogP) is 5.67. The first-order valence-electron chi connectivity index (χ1n) is 13.8. The monoisotopic (exact) mass is 514 g/mol. The molecule has 0 bridgehead atoms. The van der Waals surface area contributed by atoms with Crippen molar-refractivity contribution in [2.24, 2.45) is 5.10 Å². The summed E-state index contributed by atoms with van der Waals surface area (Å²) in [5, 5.41) is 4.47. The van der Waals surface area contributed by atoms with Gasteiger partial charge in [0.25, 0.3) is 0 Å². The Morgan fingerprint density at radius 3 is 2.24 bits per heavy atom. The predicted molar refractivity (Wildman–Crippen MR) is 154 cm³/mol. The maximum absolute atomic E-state index is 5.83. The number of nitrogens with zero attached hydrogens (tertiary/aromatic N) is 5. The number of piperidine rings is 2. The second-order valence-electron chi connectivity index (χ2n) is 9.91. The molecule has 8 nitrogen and oxygen atoms in total. The molecule has 0 aliphatic carbocycles. The van der Waals surface area contributed by atoms with Crippen LogP contribution in [0.2, 0.25) is 0 Å². The lowest BCUT2D eigenvalue weighted by Gasteiger charge is -2.31. The molecule has 2 saturated heterocycles. The fraction of sp³-hybridized carbons (Fsp3) is 0.433. The molecule has 0 spiro atoms. The fourth-order valence-corrected chi connectivity index (χ4v) is 4.85. The Bertz CT molecular complexity index is 1150. The lowest BCUT2D eigenvalue weighted by Crippen LogP contribution is -2.33. The van der Waals surface area contributed by atoms with E-state index in [1.54, 1.807) is 6.21 Å². The third-order valence-corrected chi connectivity index (χ3v) is 7.00. The first-order chi connectivity index (χ1) is 18.7. The summed E-state index contributed by atoms with van der Waals surface area (Å²) < 4.78 is 11.6. The van der Waals surface area contributed by atoms with Gasteiger partial charge in [0.2, 0.25) is 5.95 Å². The molecule has 0 radical (unpaired) electrons. The molecule has 0 amide bonds. The Hall–Kier alpha value is -3.81. The zero-order chi connectivity index (χ0) is 26.0. The van der Waals surface area contributed by atoms with Gasteiger partial charge < -0.3 is 19.3 Å². The topological polar surface area (TPSA) is 75.1 Å². The van der Waals surface area contributed by atoms with Gasteiger partial charge in [0.15, 0.2) is 5.82 Å². The molecule has 3 aromatic rings. The van der Waals surface area contributed by atoms with E-state index in [9.17, 15) is 0 Å². The number of nitrogens with one attached hydrogen (secondary N) is 1. The molecule has 38 heavy (non-hydrogen) atoms. The highest BCUT2D eigenvalue weighted by Gasteiger charge is 2.19. The van der Waals surface area contributed by atoms with Crippen LogP contribution in [0.3, 0.4) is 0 Å². The van der Waals surface area contributed by atoms with Crippen molar-refractivity contribution in [1.82, 2.24) is 9.97 Å². The summed E-state index contributed by atoms with van der Waals surface area (Å²) in [6.07, 6.45) is 9.18. The number of rotatable bonds is 10. The highest BCUT2D eigenvalue weighted by molar-refractivity contribution is 5.80. The van der Waals surface area contributed by atoms with E-state index in [4.69, 9.17) is 19.4 Å². The average Bonchev–Trinajstić information content (AvgIpc) is 2.98. The summed E-state index contributed by atoms with van der Waals surface area (Å²) in [5.41, 5.74) is 5.24. The van der Waals surface area contributed by atoms with E-state index in [1.807, 2.05) is 61.5 Å². The van der Waals surface area contributed by atoms with Crippen molar-refractivity contribution in [3.63, 3.8) is 0 Å². The number of ether oxygens (including phenoxy) is 2. The molecule has 5 rings (SSSR count). The minimum absolute atomic E-state index is 0.482. The lowest BCUT2D eigenvalue weighted by molar-refractivity contribution is 0.216. The third kappa shape index (κ3) is 7.15. The van der Waals surface area contributed by atoms with Gasteiger partial charge in [-0.25, -0.2) is 0 Å². The molecule has 0 saturated carbocycles. The van der Waals surface area contributed by atoms with Gasteiger partial charge in [-0.1, -0.05) is 18.2 Å². The number of benzene rings is 2. The van der Waals surface area contributed by atoms with Crippen LogP contribution in [0.15, 0.2) is 59.7 Å². The van der Waals surface area contributed by atoms with E-state index >= 15 is 0 Å². The maximum Gasteiger partial charge on any atom is 0.229 e. The van der Waals surface area contributed by atoms with Crippen molar-refractivity contribution in [1.29, 1.82) is 0 Å². The van der Waals surface area contributed by atoms with Gasteiger partial charge in [-0.3, -0.25) is 5.43 Å². The summed E-state index contributed by atoms with van der Waals surface area (Å²) in [5.74, 6) is 4.22. The summed E-state index contributed by atoms with van der Waals surface area (Å²) in [7, 11) is 0. The van der Waals surface area contributed by atoms with Gasteiger partial charge in [-0.15, -0.1) is 0 Å². The summed E-state index contributed by atoms with van der Waals surface area (Å²) in [6.45, 7) is 7.14. The molecule has 2 aromatic carbocycles. The maximum atomic E-state index is 5.83. The molecule has 2 aliphatic heterocycles. The number of hydrazone groups is 1. The number of para-hydroxylation sites is 1. The number of hydrogen-bond acceptors (Lipinski definition) is 8. The molecule has 200 valence electrons. The van der Waals surface area contributed by atoms with Gasteiger partial charge >= 0.3 is 0 Å². The zero-order valence-electron chi connectivity index (χ0n) is 22.3. The third-order valence-electron chi connectivity index (χ3n) is 7.00. The molecule has 0 unspecified atom stereocenters. The number of hydrogen-bond donors (Lipinski definition) is 1. The Kier molecular flexibility index (Phi) is 8.92. The Balaban J connectivity index is 1.16. The highest BCUT2D eigenvalue weighted by atomic mass is 16.5. The van der Waals surface area contributed by atoms with Crippen molar-refractivity contribution in [3.8, 4) is 11.5 Å². The first-order valence-corrected chi connectivity index (χ1v) is 13.8. The van der Waals surface area contributed by atoms with Crippen molar-refractivity contribution < 1.29 is 9.47 Å². The van der Waals surface area contributed by atoms with Crippen molar-refractivity contribution in [2.45, 2.75) is 45.4 Å². The molecule has 1 N–H and O–H groups in total. The second kappa shape index (κ2) is 13.1.